The van der Waals surface area contributed by atoms with E-state index in [1.54, 1.807) is 0 Å². The zero-order valence-corrected chi connectivity index (χ0v) is 15.4. The van der Waals surface area contributed by atoms with Gasteiger partial charge in [-0.15, -0.1) is 12.4 Å². The summed E-state index contributed by atoms with van der Waals surface area (Å²) in [4.78, 5) is 0.121. The fourth-order valence-corrected chi connectivity index (χ4v) is 5.11. The molecule has 10 heteroatoms. The number of hydrogen-bond acceptors (Lipinski definition) is 5. The van der Waals surface area contributed by atoms with E-state index in [9.17, 15) is 16.8 Å². The van der Waals surface area contributed by atoms with Crippen LogP contribution in [0.5, 0.6) is 0 Å². The summed E-state index contributed by atoms with van der Waals surface area (Å²) >= 11 is 0. The van der Waals surface area contributed by atoms with Gasteiger partial charge in [0.15, 0.2) is 0 Å². The largest absolute Gasteiger partial charge is 0.330 e. The summed E-state index contributed by atoms with van der Waals surface area (Å²) in [7, 11) is -5.91. The summed E-state index contributed by atoms with van der Waals surface area (Å²) in [6.45, 7) is 2.71. The Balaban J connectivity index is 0.00000264. The highest BCUT2D eigenvalue weighted by Gasteiger charge is 2.37. The van der Waals surface area contributed by atoms with E-state index >= 15 is 0 Å². The highest BCUT2D eigenvalue weighted by atomic mass is 35.5. The Morgan fingerprint density at radius 1 is 1.17 bits per heavy atom. The van der Waals surface area contributed by atoms with Crippen molar-refractivity contribution in [2.45, 2.75) is 29.2 Å². The minimum absolute atomic E-state index is 0. The van der Waals surface area contributed by atoms with E-state index in [-0.39, 0.29) is 34.2 Å². The van der Waals surface area contributed by atoms with Gasteiger partial charge in [-0.25, -0.2) is 21.6 Å². The van der Waals surface area contributed by atoms with Crippen LogP contribution in [0.1, 0.15) is 13.3 Å². The quantitative estimate of drug-likeness (QED) is 0.763. The molecule has 1 aliphatic rings. The highest BCUT2D eigenvalue weighted by Crippen LogP contribution is 2.29. The van der Waals surface area contributed by atoms with Crippen LogP contribution < -0.4 is 10.5 Å². The lowest BCUT2D eigenvalue weighted by Crippen LogP contribution is -2.34. The summed E-state index contributed by atoms with van der Waals surface area (Å²) < 4.78 is 52.3. The number of rotatable bonds is 5. The first-order valence-corrected chi connectivity index (χ1v) is 9.90. The van der Waals surface area contributed by atoms with Gasteiger partial charge in [-0.1, -0.05) is 0 Å². The molecular weight excluding hydrogens is 362 g/mol. The normalized spacial score (nSPS) is 22.7. The molecule has 132 valence electrons. The van der Waals surface area contributed by atoms with Gasteiger partial charge in [-0.2, -0.15) is 4.31 Å². The van der Waals surface area contributed by atoms with Crippen molar-refractivity contribution in [1.82, 2.24) is 9.03 Å². The number of halogens is 1. The minimum Gasteiger partial charge on any atom is -0.330 e. The van der Waals surface area contributed by atoms with Gasteiger partial charge < -0.3 is 5.73 Å². The van der Waals surface area contributed by atoms with E-state index in [0.717, 1.165) is 6.42 Å². The predicted octanol–water partition coefficient (Wildman–Crippen LogP) is 0.374. The monoisotopic (exact) mass is 383 g/mol. The topological polar surface area (TPSA) is 110 Å². The summed E-state index contributed by atoms with van der Waals surface area (Å²) in [5.41, 5.74) is 5.63. The van der Waals surface area contributed by atoms with Crippen molar-refractivity contribution in [1.29, 1.82) is 0 Å². The average molecular weight is 384 g/mol. The van der Waals surface area contributed by atoms with E-state index in [0.29, 0.717) is 13.1 Å². The van der Waals surface area contributed by atoms with Crippen LogP contribution in [0.15, 0.2) is 34.1 Å². The van der Waals surface area contributed by atoms with E-state index in [4.69, 9.17) is 5.73 Å². The standard InChI is InChI=1S/C13H21N3O4S2.ClH/c1-10-7-11(8-14)9-16(10)22(19,20)13-5-3-12(4-6-13)21(17,18)15-2;/h3-6,10-11,15H,7-9,14H2,1-2H3;1H. The third kappa shape index (κ3) is 4.04. The van der Waals surface area contributed by atoms with E-state index in [2.05, 4.69) is 4.72 Å². The number of benzene rings is 1. The second-order valence-corrected chi connectivity index (χ2v) is 9.22. The van der Waals surface area contributed by atoms with Gasteiger partial charge in [0.25, 0.3) is 0 Å². The lowest BCUT2D eigenvalue weighted by molar-refractivity contribution is 0.404. The fraction of sp³-hybridized carbons (Fsp3) is 0.538. The van der Waals surface area contributed by atoms with Gasteiger partial charge in [-0.3, -0.25) is 0 Å². The summed E-state index contributed by atoms with van der Waals surface area (Å²) in [5.74, 6) is 0.161. The predicted molar refractivity (Wildman–Crippen MR) is 90.5 cm³/mol. The van der Waals surface area contributed by atoms with Crippen molar-refractivity contribution >= 4 is 32.5 Å². The third-order valence-electron chi connectivity index (χ3n) is 3.95. The van der Waals surface area contributed by atoms with Crippen molar-refractivity contribution in [2.24, 2.45) is 11.7 Å². The van der Waals surface area contributed by atoms with Crippen LogP contribution in [0, 0.1) is 5.92 Å². The zero-order chi connectivity index (χ0) is 16.5. The van der Waals surface area contributed by atoms with Crippen LogP contribution in [0.25, 0.3) is 0 Å². The molecule has 0 amide bonds. The van der Waals surface area contributed by atoms with Gasteiger partial charge >= 0.3 is 0 Å². The van der Waals surface area contributed by atoms with E-state index < -0.39 is 20.0 Å². The molecule has 0 aliphatic carbocycles. The maximum atomic E-state index is 12.7. The zero-order valence-electron chi connectivity index (χ0n) is 13.0. The average Bonchev–Trinajstić information content (AvgIpc) is 2.89. The van der Waals surface area contributed by atoms with Crippen LogP contribution in [-0.4, -0.2) is 47.3 Å². The second-order valence-electron chi connectivity index (χ2n) is 5.44. The first-order chi connectivity index (χ1) is 10.2. The molecule has 0 spiro atoms. The second kappa shape index (κ2) is 7.45. The maximum Gasteiger partial charge on any atom is 0.243 e. The molecule has 1 aromatic carbocycles. The first-order valence-electron chi connectivity index (χ1n) is 6.98. The third-order valence-corrected chi connectivity index (χ3v) is 7.37. The Labute approximate surface area is 143 Å². The van der Waals surface area contributed by atoms with Crippen LogP contribution in [-0.2, 0) is 20.0 Å². The van der Waals surface area contributed by atoms with Crippen LogP contribution in [0.3, 0.4) is 0 Å². The number of nitrogens with one attached hydrogen (secondary N) is 1. The van der Waals surface area contributed by atoms with Crippen molar-refractivity contribution < 1.29 is 16.8 Å². The van der Waals surface area contributed by atoms with Gasteiger partial charge in [0.2, 0.25) is 20.0 Å². The van der Waals surface area contributed by atoms with Gasteiger partial charge in [0.05, 0.1) is 9.79 Å². The SMILES string of the molecule is CNS(=O)(=O)c1ccc(S(=O)(=O)N2CC(CN)CC2C)cc1.Cl. The molecule has 2 atom stereocenters. The van der Waals surface area contributed by atoms with E-state index in [1.807, 2.05) is 6.92 Å². The molecule has 3 N–H and O–H groups in total. The lowest BCUT2D eigenvalue weighted by atomic mass is 10.1. The molecule has 1 saturated heterocycles. The maximum absolute atomic E-state index is 12.7. The molecule has 1 fully saturated rings. The van der Waals surface area contributed by atoms with Crippen molar-refractivity contribution in [3.63, 3.8) is 0 Å². The van der Waals surface area contributed by atoms with Crippen molar-refractivity contribution in [3.05, 3.63) is 24.3 Å². The van der Waals surface area contributed by atoms with Gasteiger partial charge in [0.1, 0.15) is 0 Å². The van der Waals surface area contributed by atoms with Crippen LogP contribution in [0.4, 0.5) is 0 Å². The number of sulfonamides is 2. The molecule has 0 saturated carbocycles. The Kier molecular flexibility index (Phi) is 6.59. The Hall–Kier alpha value is -0.710. The summed E-state index contributed by atoms with van der Waals surface area (Å²) in [6, 6.07) is 5.11. The number of hydrogen-bond donors (Lipinski definition) is 2. The van der Waals surface area contributed by atoms with Crippen molar-refractivity contribution in [3.8, 4) is 0 Å². The molecule has 1 heterocycles. The number of nitrogens with two attached hydrogens (primary N) is 1. The molecule has 0 radical (unpaired) electrons. The smallest absolute Gasteiger partial charge is 0.243 e. The van der Waals surface area contributed by atoms with Crippen LogP contribution in [0.2, 0.25) is 0 Å². The molecule has 7 nitrogen and oxygen atoms in total. The molecule has 0 aromatic heterocycles. The molecule has 0 bridgehead atoms. The number of nitrogens with zero attached hydrogens (tertiary/aromatic N) is 1. The Morgan fingerprint density at radius 3 is 2.13 bits per heavy atom. The Bertz CT molecular complexity index is 735. The Morgan fingerprint density at radius 2 is 1.70 bits per heavy atom. The first kappa shape index (κ1) is 20.3. The highest BCUT2D eigenvalue weighted by molar-refractivity contribution is 7.89. The van der Waals surface area contributed by atoms with Gasteiger partial charge in [0, 0.05) is 12.6 Å². The van der Waals surface area contributed by atoms with Gasteiger partial charge in [-0.05, 0) is 57.1 Å². The van der Waals surface area contributed by atoms with Crippen molar-refractivity contribution in [2.75, 3.05) is 20.1 Å². The molecular formula is C13H22ClN3O4S2. The summed E-state index contributed by atoms with van der Waals surface area (Å²) in [5, 5.41) is 0. The lowest BCUT2D eigenvalue weighted by Gasteiger charge is -2.21. The molecule has 1 aliphatic heterocycles. The molecule has 1 aromatic rings. The van der Waals surface area contributed by atoms with E-state index in [1.165, 1.54) is 35.6 Å². The minimum atomic E-state index is -3.64. The van der Waals surface area contributed by atoms with Crippen LogP contribution >= 0.6 is 12.4 Å². The molecule has 2 rings (SSSR count). The molecule has 23 heavy (non-hydrogen) atoms. The fourth-order valence-electron chi connectivity index (χ4n) is 2.66. The molecule has 2 unspecified atom stereocenters. The summed E-state index contributed by atoms with van der Waals surface area (Å²) in [6.07, 6.45) is 0.738.